The molecule has 1 amide bonds. The van der Waals surface area contributed by atoms with E-state index in [0.29, 0.717) is 56.2 Å². The summed E-state index contributed by atoms with van der Waals surface area (Å²) in [5.41, 5.74) is -4.11. The van der Waals surface area contributed by atoms with Gasteiger partial charge in [0.05, 0.1) is 12.2 Å². The summed E-state index contributed by atoms with van der Waals surface area (Å²) in [6.07, 6.45) is 0.411. The lowest BCUT2D eigenvalue weighted by Gasteiger charge is -2.61. The number of fused-ring (bicyclic) bond motifs is 1. The largest absolute Gasteiger partial charge is 0.494 e. The molecule has 5 fully saturated rings. The fraction of sp³-hybridized carbons (Fsp3) is 0.625. The SMILES string of the molecule is O=C(N[C@@]1(C(=O)O)C2CC3C[C@@H]1C[C@](F)(C3)C2)c1cnc(N2CCc3cc(OCCC4CCOCC4)ccc32)nc1C(F)(F)F. The fourth-order valence-electron chi connectivity index (χ4n) is 8.71. The molecule has 3 heterocycles. The Balaban J connectivity index is 1.10. The normalized spacial score (nSPS) is 30.8. The molecule has 8 rings (SSSR count). The summed E-state index contributed by atoms with van der Waals surface area (Å²) >= 11 is 0. The minimum Gasteiger partial charge on any atom is -0.494 e. The van der Waals surface area contributed by atoms with Crippen LogP contribution in [0.25, 0.3) is 0 Å². The molecule has 2 aliphatic heterocycles. The van der Waals surface area contributed by atoms with Gasteiger partial charge in [-0.2, -0.15) is 13.2 Å². The second-order valence-corrected chi connectivity index (χ2v) is 13.4. The van der Waals surface area contributed by atoms with Crippen LogP contribution in [0, 0.1) is 23.7 Å². The van der Waals surface area contributed by atoms with Crippen LogP contribution in [0.2, 0.25) is 0 Å². The molecule has 242 valence electrons. The summed E-state index contributed by atoms with van der Waals surface area (Å²) < 4.78 is 69.8. The highest BCUT2D eigenvalue weighted by Crippen LogP contribution is 2.61. The lowest BCUT2D eigenvalue weighted by Crippen LogP contribution is -2.72. The lowest BCUT2D eigenvalue weighted by atomic mass is 9.47. The summed E-state index contributed by atoms with van der Waals surface area (Å²) in [7, 11) is 0. The minimum absolute atomic E-state index is 0.00768. The number of anilines is 2. The quantitative estimate of drug-likeness (QED) is 0.368. The predicted molar refractivity (Wildman–Crippen MR) is 153 cm³/mol. The second kappa shape index (κ2) is 11.1. The summed E-state index contributed by atoms with van der Waals surface area (Å²) in [6.45, 7) is 2.44. The zero-order chi connectivity index (χ0) is 31.6. The number of ether oxygens (including phenoxy) is 2. The van der Waals surface area contributed by atoms with Crippen molar-refractivity contribution in [2.75, 3.05) is 31.3 Å². The summed E-state index contributed by atoms with van der Waals surface area (Å²) in [5, 5.41) is 12.8. The second-order valence-electron chi connectivity index (χ2n) is 13.4. The average Bonchev–Trinajstić information content (AvgIpc) is 3.41. The van der Waals surface area contributed by atoms with E-state index < -0.39 is 52.4 Å². The molecule has 6 aliphatic rings. The maximum absolute atomic E-state index is 15.3. The third kappa shape index (κ3) is 5.40. The number of halogens is 4. The van der Waals surface area contributed by atoms with Crippen LogP contribution in [0.4, 0.5) is 29.2 Å². The van der Waals surface area contributed by atoms with Crippen molar-refractivity contribution in [2.45, 2.75) is 75.2 Å². The van der Waals surface area contributed by atoms with Crippen molar-refractivity contribution >= 4 is 23.5 Å². The molecular formula is C32H36F4N4O5. The molecule has 4 aliphatic carbocycles. The molecular weight excluding hydrogens is 596 g/mol. The van der Waals surface area contributed by atoms with Crippen molar-refractivity contribution in [2.24, 2.45) is 23.7 Å². The molecule has 2 N–H and O–H groups in total. The Morgan fingerprint density at radius 3 is 2.53 bits per heavy atom. The summed E-state index contributed by atoms with van der Waals surface area (Å²) in [4.78, 5) is 35.6. The molecule has 1 saturated heterocycles. The van der Waals surface area contributed by atoms with E-state index in [9.17, 15) is 27.9 Å². The highest BCUT2D eigenvalue weighted by Gasteiger charge is 2.66. The smallest absolute Gasteiger partial charge is 0.434 e. The first-order chi connectivity index (χ1) is 21.4. The first-order valence-corrected chi connectivity index (χ1v) is 15.8. The molecule has 1 aromatic carbocycles. The lowest BCUT2D eigenvalue weighted by molar-refractivity contribution is -0.174. The maximum atomic E-state index is 15.3. The molecule has 1 aromatic heterocycles. The zero-order valence-corrected chi connectivity index (χ0v) is 24.7. The molecule has 4 bridgehead atoms. The molecule has 13 heteroatoms. The summed E-state index contributed by atoms with van der Waals surface area (Å²) in [6, 6.07) is 5.42. The van der Waals surface area contributed by atoms with Crippen molar-refractivity contribution in [3.63, 3.8) is 0 Å². The number of benzene rings is 1. The Morgan fingerprint density at radius 1 is 1.13 bits per heavy atom. The van der Waals surface area contributed by atoms with E-state index in [1.54, 1.807) is 17.0 Å². The third-order valence-corrected chi connectivity index (χ3v) is 10.7. The number of rotatable bonds is 8. The molecule has 2 aromatic rings. The van der Waals surface area contributed by atoms with Gasteiger partial charge >= 0.3 is 12.1 Å². The Labute approximate surface area is 257 Å². The topological polar surface area (TPSA) is 114 Å². The van der Waals surface area contributed by atoms with Gasteiger partial charge in [-0.1, -0.05) is 0 Å². The third-order valence-electron chi connectivity index (χ3n) is 10.7. The van der Waals surface area contributed by atoms with Gasteiger partial charge in [-0.05, 0) is 105 Å². The van der Waals surface area contributed by atoms with Gasteiger partial charge in [-0.15, -0.1) is 0 Å². The number of hydrogen-bond donors (Lipinski definition) is 2. The van der Waals surface area contributed by atoms with Gasteiger partial charge in [0, 0.05) is 31.6 Å². The van der Waals surface area contributed by atoms with E-state index in [1.807, 2.05) is 6.07 Å². The van der Waals surface area contributed by atoms with Gasteiger partial charge in [0.1, 0.15) is 17.0 Å². The van der Waals surface area contributed by atoms with E-state index in [4.69, 9.17) is 9.47 Å². The number of aliphatic carboxylic acids is 1. The molecule has 0 radical (unpaired) electrons. The number of carbonyl (C=O) groups excluding carboxylic acids is 1. The average molecular weight is 633 g/mol. The van der Waals surface area contributed by atoms with Gasteiger partial charge in [-0.3, -0.25) is 4.79 Å². The Kier molecular flexibility index (Phi) is 7.44. The number of amides is 1. The molecule has 2 unspecified atom stereocenters. The number of carboxylic acids is 1. The maximum Gasteiger partial charge on any atom is 0.434 e. The molecule has 45 heavy (non-hydrogen) atoms. The van der Waals surface area contributed by atoms with Crippen LogP contribution in [0.3, 0.4) is 0 Å². The molecule has 0 spiro atoms. The van der Waals surface area contributed by atoms with Crippen LogP contribution >= 0.6 is 0 Å². The van der Waals surface area contributed by atoms with Crippen molar-refractivity contribution in [1.29, 1.82) is 0 Å². The molecule has 4 saturated carbocycles. The monoisotopic (exact) mass is 632 g/mol. The zero-order valence-electron chi connectivity index (χ0n) is 24.7. The Morgan fingerprint density at radius 2 is 1.87 bits per heavy atom. The van der Waals surface area contributed by atoms with Gasteiger partial charge in [-0.25, -0.2) is 19.2 Å². The first-order valence-electron chi connectivity index (χ1n) is 15.8. The minimum atomic E-state index is -5.02. The van der Waals surface area contributed by atoms with Crippen molar-refractivity contribution in [3.05, 3.63) is 41.2 Å². The number of aromatic nitrogens is 2. The van der Waals surface area contributed by atoms with Crippen LogP contribution in [0.5, 0.6) is 5.75 Å². The van der Waals surface area contributed by atoms with E-state index >= 15 is 4.39 Å². The van der Waals surface area contributed by atoms with E-state index in [2.05, 4.69) is 15.3 Å². The van der Waals surface area contributed by atoms with Crippen LogP contribution in [0.1, 0.15) is 73.0 Å². The van der Waals surface area contributed by atoms with E-state index in [1.165, 1.54) is 0 Å². The van der Waals surface area contributed by atoms with Crippen molar-refractivity contribution in [3.8, 4) is 5.75 Å². The van der Waals surface area contributed by atoms with Gasteiger partial charge in [0.2, 0.25) is 5.95 Å². The number of hydrogen-bond acceptors (Lipinski definition) is 7. The molecule has 9 nitrogen and oxygen atoms in total. The standard InChI is InChI=1S/C32H36F4N4O5/c33-30-14-19-11-21(15-30)31(28(42)43,22(12-19)16-30)39-27(41)24-17-37-29(38-26(24)32(34,35)36)40-7-3-20-13-23(1-2-25(20)40)45-10-6-18-4-8-44-9-5-18/h1-2,13,17-19,21-22H,3-12,14-16H2,(H,39,41)(H,42,43)/t19?,21-,22?,30-,31-/m1/s1. The van der Waals surface area contributed by atoms with Crippen LogP contribution < -0.4 is 15.0 Å². The number of nitrogens with zero attached hydrogens (tertiary/aromatic N) is 3. The number of carbonyl (C=O) groups is 2. The fourth-order valence-corrected chi connectivity index (χ4v) is 8.71. The molecule has 5 atom stereocenters. The number of carboxylic acid groups (broad SMARTS) is 1. The van der Waals surface area contributed by atoms with Crippen molar-refractivity contribution in [1.82, 2.24) is 15.3 Å². The van der Waals surface area contributed by atoms with Gasteiger partial charge in [0.15, 0.2) is 5.69 Å². The first kappa shape index (κ1) is 30.2. The predicted octanol–water partition coefficient (Wildman–Crippen LogP) is 5.49. The Bertz CT molecular complexity index is 1480. The van der Waals surface area contributed by atoms with E-state index in [-0.39, 0.29) is 24.7 Å². The van der Waals surface area contributed by atoms with Crippen LogP contribution in [0.15, 0.2) is 24.4 Å². The van der Waals surface area contributed by atoms with E-state index in [0.717, 1.165) is 44.2 Å². The van der Waals surface area contributed by atoms with Crippen molar-refractivity contribution < 1.29 is 41.7 Å². The Hall–Kier alpha value is -3.48. The van der Waals surface area contributed by atoms with Crippen LogP contribution in [-0.2, 0) is 22.1 Å². The number of alkyl halides is 4. The highest BCUT2D eigenvalue weighted by atomic mass is 19.4. The highest BCUT2D eigenvalue weighted by molar-refractivity contribution is 5.99. The summed E-state index contributed by atoms with van der Waals surface area (Å²) in [5.74, 6) is -2.94. The number of nitrogens with one attached hydrogen (secondary N) is 1. The van der Waals surface area contributed by atoms with Crippen LogP contribution in [-0.4, -0.2) is 64.5 Å². The van der Waals surface area contributed by atoms with Gasteiger partial charge < -0.3 is 24.8 Å². The van der Waals surface area contributed by atoms with Gasteiger partial charge in [0.25, 0.3) is 5.91 Å².